The Balaban J connectivity index is 5.19. The molecule has 0 heterocycles. The minimum absolute atomic E-state index is 0.105. The van der Waals surface area contributed by atoms with Gasteiger partial charge >= 0.3 is 39.5 Å². The summed E-state index contributed by atoms with van der Waals surface area (Å²) in [4.78, 5) is 72.7. The zero-order valence-corrected chi connectivity index (χ0v) is 64.5. The molecule has 0 radical (unpaired) electrons. The van der Waals surface area contributed by atoms with Crippen molar-refractivity contribution >= 4 is 39.5 Å². The van der Waals surface area contributed by atoms with Gasteiger partial charge in [0.25, 0.3) is 0 Å². The van der Waals surface area contributed by atoms with Crippen molar-refractivity contribution in [1.82, 2.24) is 0 Å². The largest absolute Gasteiger partial charge is 0.472 e. The molecule has 19 heteroatoms. The molecule has 0 saturated carbocycles. The van der Waals surface area contributed by atoms with Crippen molar-refractivity contribution in [3.63, 3.8) is 0 Å². The summed E-state index contributed by atoms with van der Waals surface area (Å²) in [6, 6.07) is 0. The average molecular weight is 1410 g/mol. The van der Waals surface area contributed by atoms with Crippen LogP contribution < -0.4 is 0 Å². The summed E-state index contributed by atoms with van der Waals surface area (Å²) in [6.45, 7) is 9.61. The van der Waals surface area contributed by atoms with Gasteiger partial charge in [0, 0.05) is 25.7 Å². The first-order valence-corrected chi connectivity index (χ1v) is 43.1. The molecule has 17 nitrogen and oxygen atoms in total. The fourth-order valence-electron chi connectivity index (χ4n) is 11.8. The highest BCUT2D eigenvalue weighted by atomic mass is 31.2. The fourth-order valence-corrected chi connectivity index (χ4v) is 13.3. The lowest BCUT2D eigenvalue weighted by atomic mass is 9.99. The highest BCUT2D eigenvalue weighted by Gasteiger charge is 2.30. The molecule has 0 aromatic heterocycles. The Bertz CT molecular complexity index is 1860. The van der Waals surface area contributed by atoms with Crippen LogP contribution in [0.5, 0.6) is 0 Å². The van der Waals surface area contributed by atoms with Crippen LogP contribution in [0.2, 0.25) is 0 Å². The Morgan fingerprint density at radius 3 is 0.740 bits per heavy atom. The number of unbranched alkanes of at least 4 members (excludes halogenated alkanes) is 44. The summed E-state index contributed by atoms with van der Waals surface area (Å²) in [5.41, 5.74) is 0. The molecule has 0 aliphatic carbocycles. The first kappa shape index (κ1) is 94.1. The number of esters is 4. The van der Waals surface area contributed by atoms with Crippen molar-refractivity contribution in [3.05, 3.63) is 0 Å². The lowest BCUT2D eigenvalue weighted by molar-refractivity contribution is -0.161. The molecule has 570 valence electrons. The number of hydrogen-bond donors (Lipinski definition) is 3. The second-order valence-electron chi connectivity index (χ2n) is 28.2. The monoisotopic (exact) mass is 1410 g/mol. The van der Waals surface area contributed by atoms with Crippen molar-refractivity contribution in [2.75, 3.05) is 39.6 Å². The normalized spacial score (nSPS) is 14.6. The van der Waals surface area contributed by atoms with Gasteiger partial charge < -0.3 is 33.8 Å². The number of phosphoric acid groups is 2. The van der Waals surface area contributed by atoms with Crippen molar-refractivity contribution in [1.29, 1.82) is 0 Å². The molecule has 0 spiro atoms. The molecule has 0 saturated heterocycles. The van der Waals surface area contributed by atoms with Gasteiger partial charge in [-0.3, -0.25) is 37.3 Å². The van der Waals surface area contributed by atoms with E-state index >= 15 is 0 Å². The van der Waals surface area contributed by atoms with Crippen molar-refractivity contribution < 1.29 is 80.2 Å². The molecule has 7 atom stereocenters. The Labute approximate surface area is 588 Å². The second kappa shape index (κ2) is 68.8. The highest BCUT2D eigenvalue weighted by molar-refractivity contribution is 7.47. The summed E-state index contributed by atoms with van der Waals surface area (Å²) in [5.74, 6) is -0.500. The first-order valence-electron chi connectivity index (χ1n) is 40.1. The molecule has 0 aromatic carbocycles. The number of carbonyl (C=O) groups excluding carboxylic acids is 4. The highest BCUT2D eigenvalue weighted by Crippen LogP contribution is 2.45. The summed E-state index contributed by atoms with van der Waals surface area (Å²) in [5, 5.41) is 10.6. The summed E-state index contributed by atoms with van der Waals surface area (Å²) in [6.07, 6.45) is 57.0. The standard InChI is InChI=1S/C77H150O17P2/c1-7-11-13-15-17-18-19-20-21-22-23-24-25-30-33-36-43-49-55-61-76(81)93-73(66-88-75(80)60-54-48-42-35-32-29-27-26-28-31-34-40-45-51-57-69(5)9-3)68-92-96(85,86)90-64-71(78)63-89-95(83,84)91-67-72(65-87-74(79)59-53-47-39-16-14-12-8-2)94-77(82)62-56-50-44-38-37-41-46-52-58-70(6)10-4/h69-73,78H,7-68H2,1-6H3,(H,83,84)(H,85,86)/t69?,70?,71-,72+,73+/m0/s1. The van der Waals surface area contributed by atoms with Gasteiger partial charge in [-0.2, -0.15) is 0 Å². The molecule has 0 aliphatic rings. The lowest BCUT2D eigenvalue weighted by Crippen LogP contribution is -2.30. The molecule has 96 heavy (non-hydrogen) atoms. The van der Waals surface area contributed by atoms with Crippen LogP contribution in [0.15, 0.2) is 0 Å². The van der Waals surface area contributed by atoms with Gasteiger partial charge in [0.2, 0.25) is 0 Å². The van der Waals surface area contributed by atoms with Crippen molar-refractivity contribution in [2.24, 2.45) is 11.8 Å². The van der Waals surface area contributed by atoms with E-state index in [-0.39, 0.29) is 25.7 Å². The van der Waals surface area contributed by atoms with E-state index in [1.54, 1.807) is 0 Å². The summed E-state index contributed by atoms with van der Waals surface area (Å²) in [7, 11) is -9.91. The van der Waals surface area contributed by atoms with Crippen LogP contribution in [0.1, 0.15) is 401 Å². The molecular weight excluding hydrogens is 1260 g/mol. The summed E-state index contributed by atoms with van der Waals surface area (Å²) >= 11 is 0. The smallest absolute Gasteiger partial charge is 0.462 e. The number of aliphatic hydroxyl groups excluding tert-OH is 1. The number of rotatable bonds is 76. The molecule has 0 bridgehead atoms. The van der Waals surface area contributed by atoms with Crippen molar-refractivity contribution in [2.45, 2.75) is 419 Å². The third-order valence-corrected chi connectivity index (χ3v) is 20.6. The van der Waals surface area contributed by atoms with Gasteiger partial charge in [-0.05, 0) is 37.5 Å². The summed E-state index contributed by atoms with van der Waals surface area (Å²) < 4.78 is 68.4. The predicted octanol–water partition coefficient (Wildman–Crippen LogP) is 22.7. The second-order valence-corrected chi connectivity index (χ2v) is 31.1. The van der Waals surface area contributed by atoms with Gasteiger partial charge in [-0.1, -0.05) is 350 Å². The number of aliphatic hydroxyl groups is 1. The maximum absolute atomic E-state index is 13.1. The van der Waals surface area contributed by atoms with Crippen LogP contribution in [-0.2, 0) is 65.4 Å². The molecule has 0 fully saturated rings. The maximum Gasteiger partial charge on any atom is 0.472 e. The number of carbonyl (C=O) groups is 4. The van der Waals surface area contributed by atoms with Gasteiger partial charge in [0.05, 0.1) is 26.4 Å². The van der Waals surface area contributed by atoms with Gasteiger partial charge in [-0.15, -0.1) is 0 Å². The predicted molar refractivity (Wildman–Crippen MR) is 391 cm³/mol. The van der Waals surface area contributed by atoms with Crippen LogP contribution >= 0.6 is 15.6 Å². The van der Waals surface area contributed by atoms with E-state index in [4.69, 9.17) is 37.0 Å². The van der Waals surface area contributed by atoms with E-state index in [2.05, 4.69) is 41.5 Å². The zero-order chi connectivity index (χ0) is 70.7. The fraction of sp³-hybridized carbons (Fsp3) is 0.948. The van der Waals surface area contributed by atoms with Crippen molar-refractivity contribution in [3.8, 4) is 0 Å². The molecule has 4 unspecified atom stereocenters. The zero-order valence-electron chi connectivity index (χ0n) is 62.7. The number of phosphoric ester groups is 2. The SMILES string of the molecule is CCCCCCCCCCCCCCCCCCCCCC(=O)O[C@H](COC(=O)CCCCCCCCCCCCCCCCC(C)CC)COP(=O)(O)OC[C@@H](O)COP(=O)(O)OC[C@@H](COC(=O)CCCCCCCCC)OC(=O)CCCCCCCCCCC(C)CC. The molecule has 0 aromatic rings. The first-order chi connectivity index (χ1) is 46.4. The van der Waals surface area contributed by atoms with Crippen LogP contribution in [0, 0.1) is 11.8 Å². The molecular formula is C77H150O17P2. The third-order valence-electron chi connectivity index (χ3n) is 18.7. The van der Waals surface area contributed by atoms with E-state index < -0.39 is 97.5 Å². The molecule has 0 rings (SSSR count). The Morgan fingerprint density at radius 2 is 0.500 bits per heavy atom. The van der Waals surface area contributed by atoms with E-state index in [1.165, 1.54) is 205 Å². The molecule has 0 aliphatic heterocycles. The van der Waals surface area contributed by atoms with Crippen LogP contribution in [0.25, 0.3) is 0 Å². The van der Waals surface area contributed by atoms with E-state index in [1.807, 2.05) is 0 Å². The minimum Gasteiger partial charge on any atom is -0.462 e. The van der Waals surface area contributed by atoms with E-state index in [0.717, 1.165) is 115 Å². The van der Waals surface area contributed by atoms with Crippen LogP contribution in [-0.4, -0.2) is 96.7 Å². The topological polar surface area (TPSA) is 237 Å². The number of ether oxygens (including phenoxy) is 4. The third kappa shape index (κ3) is 67.9. The number of hydrogen-bond acceptors (Lipinski definition) is 15. The average Bonchev–Trinajstić information content (AvgIpc) is 1.10. The Hall–Kier alpha value is -1.94. The lowest BCUT2D eigenvalue weighted by Gasteiger charge is -2.21. The van der Waals surface area contributed by atoms with E-state index in [9.17, 15) is 43.2 Å². The van der Waals surface area contributed by atoms with Gasteiger partial charge in [0.1, 0.15) is 19.3 Å². The Morgan fingerprint density at radius 1 is 0.292 bits per heavy atom. The molecule has 0 amide bonds. The quantitative estimate of drug-likeness (QED) is 0.0222. The van der Waals surface area contributed by atoms with E-state index in [0.29, 0.717) is 25.7 Å². The maximum atomic E-state index is 13.1. The molecule has 3 N–H and O–H groups in total. The van der Waals surface area contributed by atoms with Crippen LogP contribution in [0.3, 0.4) is 0 Å². The van der Waals surface area contributed by atoms with Crippen LogP contribution in [0.4, 0.5) is 0 Å². The minimum atomic E-state index is -4.96. The van der Waals surface area contributed by atoms with Gasteiger partial charge in [0.15, 0.2) is 12.2 Å². The Kier molecular flexibility index (Phi) is 67.4. The van der Waals surface area contributed by atoms with Gasteiger partial charge in [-0.25, -0.2) is 9.13 Å².